The number of urea groups is 1. The highest BCUT2D eigenvalue weighted by Crippen LogP contribution is 2.32. The quantitative estimate of drug-likeness (QED) is 0.868. The first kappa shape index (κ1) is 15.2. The van der Waals surface area contributed by atoms with Gasteiger partial charge in [0, 0.05) is 18.5 Å². The zero-order valence-corrected chi connectivity index (χ0v) is 13.5. The van der Waals surface area contributed by atoms with Gasteiger partial charge in [0.1, 0.15) is 5.75 Å². The van der Waals surface area contributed by atoms with Crippen LogP contribution in [0.4, 0.5) is 4.79 Å². The molecule has 2 atom stereocenters. The minimum absolute atomic E-state index is 0.0127. The summed E-state index contributed by atoms with van der Waals surface area (Å²) < 4.78 is 11.5. The predicted octanol–water partition coefficient (Wildman–Crippen LogP) is 2.72. The van der Waals surface area contributed by atoms with Crippen molar-refractivity contribution in [1.29, 1.82) is 0 Å². The van der Waals surface area contributed by atoms with E-state index in [4.69, 9.17) is 9.47 Å². The molecular formula is C17H24N2O3. The van der Waals surface area contributed by atoms with E-state index in [1.807, 2.05) is 49.9 Å². The Balaban J connectivity index is 1.70. The number of fused-ring (bicyclic) bond motifs is 1. The van der Waals surface area contributed by atoms with Gasteiger partial charge < -0.3 is 19.7 Å². The molecule has 0 aromatic heterocycles. The van der Waals surface area contributed by atoms with Crippen LogP contribution in [0.5, 0.6) is 5.75 Å². The summed E-state index contributed by atoms with van der Waals surface area (Å²) in [6, 6.07) is 7.89. The molecular weight excluding hydrogens is 280 g/mol. The Kier molecular flexibility index (Phi) is 4.00. The summed E-state index contributed by atoms with van der Waals surface area (Å²) >= 11 is 0. The molecule has 1 aromatic carbocycles. The molecule has 3 rings (SSSR count). The number of benzene rings is 1. The van der Waals surface area contributed by atoms with Crippen molar-refractivity contribution < 1.29 is 14.3 Å². The highest BCUT2D eigenvalue weighted by atomic mass is 16.5. The lowest BCUT2D eigenvalue weighted by atomic mass is 10.0. The smallest absolute Gasteiger partial charge is 0.318 e. The van der Waals surface area contributed by atoms with Gasteiger partial charge in [0.05, 0.1) is 30.9 Å². The van der Waals surface area contributed by atoms with E-state index in [-0.39, 0.29) is 23.8 Å². The SMILES string of the molecule is CC1CN(C(=O)NC2CCOc3ccccc32)CC(C)(C)O1. The second kappa shape index (κ2) is 5.80. The molecule has 0 radical (unpaired) electrons. The van der Waals surface area contributed by atoms with Gasteiger partial charge in [0.25, 0.3) is 0 Å². The number of nitrogens with zero attached hydrogens (tertiary/aromatic N) is 1. The molecule has 0 bridgehead atoms. The average Bonchev–Trinajstić information content (AvgIpc) is 2.45. The molecule has 22 heavy (non-hydrogen) atoms. The second-order valence-electron chi connectivity index (χ2n) is 6.75. The minimum atomic E-state index is -0.303. The lowest BCUT2D eigenvalue weighted by Crippen LogP contribution is -2.56. The van der Waals surface area contributed by atoms with Crippen molar-refractivity contribution in [2.45, 2.75) is 44.9 Å². The number of ether oxygens (including phenoxy) is 2. The van der Waals surface area contributed by atoms with Crippen molar-refractivity contribution in [2.75, 3.05) is 19.7 Å². The normalized spacial score (nSPS) is 26.8. The van der Waals surface area contributed by atoms with Gasteiger partial charge in [-0.25, -0.2) is 4.79 Å². The van der Waals surface area contributed by atoms with Crippen LogP contribution in [0, 0.1) is 0 Å². The third kappa shape index (κ3) is 3.19. The standard InChI is InChI=1S/C17H24N2O3/c1-12-10-19(11-17(2,3)22-12)16(20)18-14-8-9-21-15-7-5-4-6-13(14)15/h4-7,12,14H,8-11H2,1-3H3,(H,18,20). The first-order valence-electron chi connectivity index (χ1n) is 7.89. The van der Waals surface area contributed by atoms with Crippen LogP contribution < -0.4 is 10.1 Å². The molecule has 5 nitrogen and oxygen atoms in total. The summed E-state index contributed by atoms with van der Waals surface area (Å²) in [6.45, 7) is 7.91. The molecule has 0 saturated carbocycles. The van der Waals surface area contributed by atoms with E-state index >= 15 is 0 Å². The lowest BCUT2D eigenvalue weighted by Gasteiger charge is -2.42. The van der Waals surface area contributed by atoms with Crippen LogP contribution in [0.25, 0.3) is 0 Å². The van der Waals surface area contributed by atoms with Gasteiger partial charge in [0.15, 0.2) is 0 Å². The summed E-state index contributed by atoms with van der Waals surface area (Å²) in [5.41, 5.74) is 0.755. The molecule has 0 aliphatic carbocycles. The molecule has 2 unspecified atom stereocenters. The van der Waals surface area contributed by atoms with Crippen molar-refractivity contribution in [1.82, 2.24) is 10.2 Å². The number of rotatable bonds is 1. The van der Waals surface area contributed by atoms with Crippen LogP contribution in [0.1, 0.15) is 38.8 Å². The highest BCUT2D eigenvalue weighted by molar-refractivity contribution is 5.75. The van der Waals surface area contributed by atoms with Crippen molar-refractivity contribution in [3.05, 3.63) is 29.8 Å². The fraction of sp³-hybridized carbons (Fsp3) is 0.588. The van der Waals surface area contributed by atoms with Crippen molar-refractivity contribution in [3.63, 3.8) is 0 Å². The molecule has 2 heterocycles. The van der Waals surface area contributed by atoms with Crippen LogP contribution in [-0.2, 0) is 4.74 Å². The number of amides is 2. The summed E-state index contributed by atoms with van der Waals surface area (Å²) in [5, 5.41) is 3.15. The number of nitrogens with one attached hydrogen (secondary N) is 1. The van der Waals surface area contributed by atoms with Gasteiger partial charge in [-0.05, 0) is 26.8 Å². The molecule has 1 aromatic rings. The fourth-order valence-corrected chi connectivity index (χ4v) is 3.34. The number of para-hydroxylation sites is 1. The minimum Gasteiger partial charge on any atom is -0.493 e. The van der Waals surface area contributed by atoms with E-state index in [2.05, 4.69) is 5.32 Å². The largest absolute Gasteiger partial charge is 0.493 e. The van der Waals surface area contributed by atoms with Gasteiger partial charge in [-0.3, -0.25) is 0 Å². The van der Waals surface area contributed by atoms with Crippen LogP contribution in [0.15, 0.2) is 24.3 Å². The summed E-state index contributed by atoms with van der Waals surface area (Å²) in [5.74, 6) is 0.870. The first-order valence-corrected chi connectivity index (χ1v) is 7.89. The Morgan fingerprint density at radius 2 is 2.14 bits per heavy atom. The number of hydrogen-bond donors (Lipinski definition) is 1. The zero-order chi connectivity index (χ0) is 15.7. The molecule has 2 aliphatic rings. The van der Waals surface area contributed by atoms with Crippen molar-refractivity contribution >= 4 is 6.03 Å². The first-order chi connectivity index (χ1) is 10.4. The molecule has 1 N–H and O–H groups in total. The van der Waals surface area contributed by atoms with Crippen molar-refractivity contribution in [2.24, 2.45) is 0 Å². The molecule has 2 amide bonds. The van der Waals surface area contributed by atoms with Crippen LogP contribution in [0.2, 0.25) is 0 Å². The summed E-state index contributed by atoms with van der Waals surface area (Å²) in [4.78, 5) is 14.5. The molecule has 2 aliphatic heterocycles. The Bertz CT molecular complexity index is 559. The maximum Gasteiger partial charge on any atom is 0.318 e. The Morgan fingerprint density at radius 3 is 2.91 bits per heavy atom. The van der Waals surface area contributed by atoms with E-state index in [0.29, 0.717) is 19.7 Å². The van der Waals surface area contributed by atoms with Crippen LogP contribution >= 0.6 is 0 Å². The van der Waals surface area contributed by atoms with Gasteiger partial charge in [0.2, 0.25) is 0 Å². The maximum atomic E-state index is 12.6. The molecule has 0 spiro atoms. The van der Waals surface area contributed by atoms with Gasteiger partial charge in [-0.1, -0.05) is 18.2 Å². The van der Waals surface area contributed by atoms with Gasteiger partial charge >= 0.3 is 6.03 Å². The van der Waals surface area contributed by atoms with Gasteiger partial charge in [-0.15, -0.1) is 0 Å². The molecule has 5 heteroatoms. The molecule has 1 saturated heterocycles. The van der Waals surface area contributed by atoms with E-state index in [0.717, 1.165) is 17.7 Å². The number of morpholine rings is 1. The second-order valence-corrected chi connectivity index (χ2v) is 6.75. The number of hydrogen-bond acceptors (Lipinski definition) is 3. The maximum absolute atomic E-state index is 12.6. The Morgan fingerprint density at radius 1 is 1.36 bits per heavy atom. The third-order valence-corrected chi connectivity index (χ3v) is 4.11. The topological polar surface area (TPSA) is 50.8 Å². The van der Waals surface area contributed by atoms with Crippen LogP contribution in [-0.4, -0.2) is 42.3 Å². The predicted molar refractivity (Wildman–Crippen MR) is 84.0 cm³/mol. The zero-order valence-electron chi connectivity index (χ0n) is 13.5. The van der Waals surface area contributed by atoms with E-state index in [1.54, 1.807) is 0 Å². The van der Waals surface area contributed by atoms with Crippen LogP contribution in [0.3, 0.4) is 0 Å². The fourth-order valence-electron chi connectivity index (χ4n) is 3.34. The number of carbonyl (C=O) groups is 1. The average molecular weight is 304 g/mol. The Hall–Kier alpha value is -1.75. The number of carbonyl (C=O) groups excluding carboxylic acids is 1. The van der Waals surface area contributed by atoms with E-state index < -0.39 is 0 Å². The molecule has 1 fully saturated rings. The summed E-state index contributed by atoms with van der Waals surface area (Å²) in [7, 11) is 0. The van der Waals surface area contributed by atoms with Crippen molar-refractivity contribution in [3.8, 4) is 5.75 Å². The monoisotopic (exact) mass is 304 g/mol. The lowest BCUT2D eigenvalue weighted by molar-refractivity contribution is -0.117. The third-order valence-electron chi connectivity index (χ3n) is 4.11. The van der Waals surface area contributed by atoms with E-state index in [9.17, 15) is 4.79 Å². The van der Waals surface area contributed by atoms with E-state index in [1.165, 1.54) is 0 Å². The summed E-state index contributed by atoms with van der Waals surface area (Å²) in [6.07, 6.45) is 0.850. The van der Waals surface area contributed by atoms with Gasteiger partial charge in [-0.2, -0.15) is 0 Å². The Labute approximate surface area is 131 Å². The highest BCUT2D eigenvalue weighted by Gasteiger charge is 2.34. The molecule has 120 valence electrons.